The molecule has 3 heterocycles. The zero-order valence-corrected chi connectivity index (χ0v) is 24.0. The van der Waals surface area contributed by atoms with Crippen molar-refractivity contribution in [1.29, 1.82) is 0 Å². The van der Waals surface area contributed by atoms with E-state index in [2.05, 4.69) is 56.5 Å². The molecule has 1 fully saturated rings. The van der Waals surface area contributed by atoms with Crippen molar-refractivity contribution in [3.8, 4) is 11.5 Å². The number of aromatic amines is 1. The van der Waals surface area contributed by atoms with E-state index in [0.717, 1.165) is 77.6 Å². The van der Waals surface area contributed by atoms with Gasteiger partial charge in [-0.05, 0) is 48.4 Å². The molecule has 2 N–H and O–H groups in total. The number of esters is 1. The lowest BCUT2D eigenvalue weighted by Gasteiger charge is -2.37. The summed E-state index contributed by atoms with van der Waals surface area (Å²) in [5.41, 5.74) is 6.72. The summed E-state index contributed by atoms with van der Waals surface area (Å²) in [6, 6.07) is 22.3. The number of hydrogen-bond donors (Lipinski definition) is 2. The number of rotatable bonds is 8. The van der Waals surface area contributed by atoms with E-state index >= 15 is 0 Å². The quantitative estimate of drug-likeness (QED) is 0.307. The third-order valence-electron chi connectivity index (χ3n) is 8.31. The molecule has 3 aromatic carbocycles. The van der Waals surface area contributed by atoms with Gasteiger partial charge in [-0.3, -0.25) is 15.0 Å². The second-order valence-electron chi connectivity index (χ2n) is 10.7. The van der Waals surface area contributed by atoms with Crippen molar-refractivity contribution < 1.29 is 19.0 Å². The van der Waals surface area contributed by atoms with Crippen LogP contribution in [0.2, 0.25) is 0 Å². The second-order valence-corrected chi connectivity index (χ2v) is 10.7. The van der Waals surface area contributed by atoms with E-state index in [9.17, 15) is 4.79 Å². The van der Waals surface area contributed by atoms with Crippen molar-refractivity contribution in [2.45, 2.75) is 32.0 Å². The Bertz CT molecular complexity index is 1520. The Balaban J connectivity index is 1.26. The number of H-pyrrole nitrogens is 1. The molecule has 214 valence electrons. The molecule has 2 aliphatic rings. The molecule has 0 radical (unpaired) electrons. The van der Waals surface area contributed by atoms with E-state index in [1.54, 1.807) is 14.2 Å². The van der Waals surface area contributed by atoms with Gasteiger partial charge in [-0.1, -0.05) is 36.4 Å². The van der Waals surface area contributed by atoms with Crippen molar-refractivity contribution in [3.05, 3.63) is 89.1 Å². The van der Waals surface area contributed by atoms with Gasteiger partial charge in [-0.25, -0.2) is 0 Å². The van der Waals surface area contributed by atoms with Crippen LogP contribution in [0, 0.1) is 0 Å². The molecule has 2 atom stereocenters. The van der Waals surface area contributed by atoms with Gasteiger partial charge in [-0.2, -0.15) is 0 Å². The highest BCUT2D eigenvalue weighted by Gasteiger charge is 2.35. The Morgan fingerprint density at radius 1 is 0.927 bits per heavy atom. The van der Waals surface area contributed by atoms with Crippen LogP contribution >= 0.6 is 0 Å². The van der Waals surface area contributed by atoms with Crippen LogP contribution in [0.5, 0.6) is 11.5 Å². The first-order valence-corrected chi connectivity index (χ1v) is 14.4. The Kier molecular flexibility index (Phi) is 7.85. The number of anilines is 1. The van der Waals surface area contributed by atoms with E-state index in [0.29, 0.717) is 13.0 Å². The molecular formula is C33H38N4O4. The number of methoxy groups -OCH3 is 2. The number of para-hydroxylation sites is 3. The first kappa shape index (κ1) is 27.2. The van der Waals surface area contributed by atoms with Gasteiger partial charge in [0.25, 0.3) is 0 Å². The van der Waals surface area contributed by atoms with Crippen molar-refractivity contribution in [2.75, 3.05) is 51.9 Å². The fourth-order valence-corrected chi connectivity index (χ4v) is 6.27. The summed E-state index contributed by atoms with van der Waals surface area (Å²) in [4.78, 5) is 21.4. The smallest absolute Gasteiger partial charge is 0.323 e. The molecule has 6 rings (SSSR count). The third kappa shape index (κ3) is 5.37. The average molecular weight is 555 g/mol. The number of benzene rings is 3. The predicted octanol–water partition coefficient (Wildman–Crippen LogP) is 4.67. The molecule has 8 nitrogen and oxygen atoms in total. The summed E-state index contributed by atoms with van der Waals surface area (Å²) < 4.78 is 16.8. The van der Waals surface area contributed by atoms with Crippen LogP contribution < -0.4 is 19.7 Å². The van der Waals surface area contributed by atoms with E-state index in [-0.39, 0.29) is 12.0 Å². The molecule has 1 aromatic heterocycles. The highest BCUT2D eigenvalue weighted by molar-refractivity contribution is 5.87. The Morgan fingerprint density at radius 2 is 1.68 bits per heavy atom. The maximum absolute atomic E-state index is 12.9. The lowest BCUT2D eigenvalue weighted by Crippen LogP contribution is -2.46. The molecule has 0 spiro atoms. The van der Waals surface area contributed by atoms with Crippen LogP contribution in [0.3, 0.4) is 0 Å². The number of carbonyl (C=O) groups excluding carboxylic acids is 1. The molecule has 0 saturated carbocycles. The first-order valence-electron chi connectivity index (χ1n) is 14.4. The van der Waals surface area contributed by atoms with Crippen LogP contribution in [0.1, 0.15) is 35.3 Å². The minimum atomic E-state index is -0.416. The van der Waals surface area contributed by atoms with Gasteiger partial charge in [0.1, 0.15) is 17.5 Å². The average Bonchev–Trinajstić information content (AvgIpc) is 3.40. The number of ether oxygens (including phenoxy) is 3. The lowest BCUT2D eigenvalue weighted by molar-refractivity contribution is -0.146. The Labute approximate surface area is 241 Å². The van der Waals surface area contributed by atoms with Crippen molar-refractivity contribution in [3.63, 3.8) is 0 Å². The number of piperazine rings is 1. The van der Waals surface area contributed by atoms with Crippen LogP contribution in [0.4, 0.5) is 5.69 Å². The van der Waals surface area contributed by atoms with Gasteiger partial charge in [0.15, 0.2) is 0 Å². The normalized spacial score (nSPS) is 19.1. The zero-order valence-electron chi connectivity index (χ0n) is 24.0. The van der Waals surface area contributed by atoms with Crippen molar-refractivity contribution >= 4 is 22.6 Å². The molecule has 0 bridgehead atoms. The Hall–Kier alpha value is -4.01. The maximum Gasteiger partial charge on any atom is 0.323 e. The van der Waals surface area contributed by atoms with Gasteiger partial charge in [0.2, 0.25) is 0 Å². The van der Waals surface area contributed by atoms with E-state index in [4.69, 9.17) is 14.2 Å². The molecule has 0 aliphatic carbocycles. The molecule has 4 aromatic rings. The largest absolute Gasteiger partial charge is 0.496 e. The lowest BCUT2D eigenvalue weighted by atomic mass is 9.89. The summed E-state index contributed by atoms with van der Waals surface area (Å²) in [7, 11) is 3.45. The maximum atomic E-state index is 12.9. The molecular weight excluding hydrogens is 516 g/mol. The fraction of sp³-hybridized carbons (Fsp3) is 0.364. The highest BCUT2D eigenvalue weighted by atomic mass is 16.5. The monoisotopic (exact) mass is 554 g/mol. The van der Waals surface area contributed by atoms with Gasteiger partial charge < -0.3 is 24.1 Å². The van der Waals surface area contributed by atoms with E-state index in [1.807, 2.05) is 37.3 Å². The third-order valence-corrected chi connectivity index (χ3v) is 8.31. The zero-order chi connectivity index (χ0) is 28.3. The van der Waals surface area contributed by atoms with Gasteiger partial charge >= 0.3 is 5.97 Å². The summed E-state index contributed by atoms with van der Waals surface area (Å²) in [6.07, 6.45) is 0.591. The van der Waals surface area contributed by atoms with Gasteiger partial charge in [0.05, 0.1) is 32.6 Å². The molecule has 1 saturated heterocycles. The highest BCUT2D eigenvalue weighted by Crippen LogP contribution is 2.37. The summed E-state index contributed by atoms with van der Waals surface area (Å²) in [5, 5.41) is 4.75. The van der Waals surface area contributed by atoms with Crippen molar-refractivity contribution in [2.24, 2.45) is 0 Å². The number of nitrogens with one attached hydrogen (secondary N) is 2. The Morgan fingerprint density at radius 3 is 2.46 bits per heavy atom. The topological polar surface area (TPSA) is 79.1 Å². The van der Waals surface area contributed by atoms with Crippen LogP contribution in [0.25, 0.3) is 10.9 Å². The summed E-state index contributed by atoms with van der Waals surface area (Å²) in [6.45, 7) is 6.71. The fourth-order valence-electron chi connectivity index (χ4n) is 6.27. The van der Waals surface area contributed by atoms with Gasteiger partial charge in [0, 0.05) is 61.3 Å². The van der Waals surface area contributed by atoms with Gasteiger partial charge in [-0.15, -0.1) is 0 Å². The number of fused-ring (bicyclic) bond motifs is 3. The number of hydrogen-bond acceptors (Lipinski definition) is 7. The van der Waals surface area contributed by atoms with E-state index in [1.165, 1.54) is 5.56 Å². The molecule has 0 unspecified atom stereocenters. The molecule has 0 amide bonds. The van der Waals surface area contributed by atoms with Crippen LogP contribution in [-0.4, -0.2) is 68.9 Å². The van der Waals surface area contributed by atoms with Crippen molar-refractivity contribution in [1.82, 2.24) is 15.2 Å². The number of nitrogens with zero attached hydrogens (tertiary/aromatic N) is 2. The predicted molar refractivity (Wildman–Crippen MR) is 161 cm³/mol. The second kappa shape index (κ2) is 11.8. The standard InChI is InChI=1S/C33H38N4O4/c1-4-41-33(38)27-20-25-24-9-5-6-10-26(24)34-32(25)31(35-27)22-13-14-29(39-2)23(19-22)21-36-15-17-37(18-16-36)28-11-7-8-12-30(28)40-3/h5-14,19,27,31,34-35H,4,15-18,20-21H2,1-3H3/t27-,31+/m1/s1. The molecule has 8 heteroatoms. The molecule has 41 heavy (non-hydrogen) atoms. The number of aromatic nitrogens is 1. The minimum Gasteiger partial charge on any atom is -0.496 e. The summed E-state index contributed by atoms with van der Waals surface area (Å²) in [5.74, 6) is 1.57. The number of carbonyl (C=O) groups is 1. The molecule has 2 aliphatic heterocycles. The summed E-state index contributed by atoms with van der Waals surface area (Å²) >= 11 is 0. The first-order chi connectivity index (χ1) is 20.1. The van der Waals surface area contributed by atoms with Crippen LogP contribution in [-0.2, 0) is 22.5 Å². The van der Waals surface area contributed by atoms with Crippen LogP contribution in [0.15, 0.2) is 66.7 Å². The SMILES string of the molecule is CCOC(=O)[C@H]1Cc2c([nH]c3ccccc23)[C@H](c2ccc(OC)c(CN3CCN(c4ccccc4OC)CC3)c2)N1. The van der Waals surface area contributed by atoms with E-state index < -0.39 is 6.04 Å². The minimum absolute atomic E-state index is 0.174.